The second-order valence-electron chi connectivity index (χ2n) is 8.54. The van der Waals surface area contributed by atoms with Crippen molar-refractivity contribution in [3.05, 3.63) is 94.8 Å². The molecule has 0 fully saturated rings. The molecule has 0 bridgehead atoms. The molecular formula is C27H26N2O3. The maximum atomic E-state index is 13.6. The summed E-state index contributed by atoms with van der Waals surface area (Å²) in [6.45, 7) is 4.06. The molecule has 2 aromatic carbocycles. The molecule has 0 aliphatic carbocycles. The molecule has 1 aliphatic heterocycles. The maximum Gasteiger partial charge on any atom is 0.254 e. The summed E-state index contributed by atoms with van der Waals surface area (Å²) in [5.74, 6) is 6.61. The van der Waals surface area contributed by atoms with Crippen molar-refractivity contribution in [2.24, 2.45) is 0 Å². The van der Waals surface area contributed by atoms with E-state index in [2.05, 4.69) is 16.8 Å². The van der Waals surface area contributed by atoms with Gasteiger partial charge in [-0.05, 0) is 61.2 Å². The quantitative estimate of drug-likeness (QED) is 0.630. The van der Waals surface area contributed by atoms with Crippen molar-refractivity contribution in [2.45, 2.75) is 38.5 Å². The van der Waals surface area contributed by atoms with Crippen LogP contribution >= 0.6 is 0 Å². The van der Waals surface area contributed by atoms with Crippen LogP contribution in [0.2, 0.25) is 0 Å². The van der Waals surface area contributed by atoms with Gasteiger partial charge in [-0.2, -0.15) is 0 Å². The number of hydrogen-bond donors (Lipinski definition) is 1. The molecule has 5 nitrogen and oxygen atoms in total. The van der Waals surface area contributed by atoms with E-state index in [0.717, 1.165) is 11.1 Å². The van der Waals surface area contributed by atoms with Crippen molar-refractivity contribution in [3.63, 3.8) is 0 Å². The number of aliphatic hydroxyl groups is 1. The molecule has 0 spiro atoms. The third-order valence-corrected chi connectivity index (χ3v) is 5.52. The second-order valence-corrected chi connectivity index (χ2v) is 8.54. The number of ether oxygens (including phenoxy) is 1. The molecule has 4 rings (SSSR count). The predicted octanol–water partition coefficient (Wildman–Crippen LogP) is 4.35. The van der Waals surface area contributed by atoms with Crippen LogP contribution in [0.15, 0.2) is 66.9 Å². The summed E-state index contributed by atoms with van der Waals surface area (Å²) < 4.78 is 5.45. The van der Waals surface area contributed by atoms with Crippen molar-refractivity contribution in [1.29, 1.82) is 0 Å². The van der Waals surface area contributed by atoms with Gasteiger partial charge < -0.3 is 14.7 Å². The smallest absolute Gasteiger partial charge is 0.254 e. The molecular weight excluding hydrogens is 400 g/mol. The Morgan fingerprint density at radius 2 is 1.94 bits per heavy atom. The van der Waals surface area contributed by atoms with Gasteiger partial charge in [0.25, 0.3) is 5.91 Å². The van der Waals surface area contributed by atoms with E-state index in [1.165, 1.54) is 0 Å². The van der Waals surface area contributed by atoms with Crippen molar-refractivity contribution in [2.75, 3.05) is 7.11 Å². The fraction of sp³-hybridized carbons (Fsp3) is 0.259. The number of methoxy groups -OCH3 is 1. The molecule has 5 heteroatoms. The van der Waals surface area contributed by atoms with Crippen LogP contribution in [0.25, 0.3) is 0 Å². The van der Waals surface area contributed by atoms with Crippen molar-refractivity contribution >= 4 is 5.91 Å². The summed E-state index contributed by atoms with van der Waals surface area (Å²) in [5.41, 5.74) is 3.10. The summed E-state index contributed by atoms with van der Waals surface area (Å²) in [5, 5.41) is 10.5. The Balaban J connectivity index is 1.67. The van der Waals surface area contributed by atoms with Crippen LogP contribution in [0.3, 0.4) is 0 Å². The number of fused-ring (bicyclic) bond motifs is 1. The van der Waals surface area contributed by atoms with Gasteiger partial charge in [0.1, 0.15) is 11.4 Å². The topological polar surface area (TPSA) is 62.7 Å². The van der Waals surface area contributed by atoms with Crippen molar-refractivity contribution in [1.82, 2.24) is 9.88 Å². The average molecular weight is 427 g/mol. The molecule has 0 radical (unpaired) electrons. The number of hydrogen-bond acceptors (Lipinski definition) is 4. The van der Waals surface area contributed by atoms with Gasteiger partial charge in [0.2, 0.25) is 0 Å². The Kier molecular flexibility index (Phi) is 5.98. The van der Waals surface area contributed by atoms with E-state index in [4.69, 9.17) is 4.74 Å². The second kappa shape index (κ2) is 8.86. The first kappa shape index (κ1) is 21.6. The molecule has 1 unspecified atom stereocenters. The summed E-state index contributed by atoms with van der Waals surface area (Å²) in [4.78, 5) is 19.6. The summed E-state index contributed by atoms with van der Waals surface area (Å²) in [7, 11) is 1.58. The number of pyridine rings is 1. The number of carbonyl (C=O) groups is 1. The van der Waals surface area contributed by atoms with E-state index in [9.17, 15) is 9.90 Å². The van der Waals surface area contributed by atoms with Crippen LogP contribution in [0.4, 0.5) is 0 Å². The van der Waals surface area contributed by atoms with Crippen LogP contribution in [-0.2, 0) is 6.54 Å². The first-order valence-corrected chi connectivity index (χ1v) is 10.6. The minimum atomic E-state index is -0.903. The summed E-state index contributed by atoms with van der Waals surface area (Å²) in [6.07, 6.45) is 2.15. The molecule has 2 heterocycles. The molecule has 32 heavy (non-hydrogen) atoms. The number of carbonyl (C=O) groups excluding carboxylic acids is 1. The predicted molar refractivity (Wildman–Crippen MR) is 123 cm³/mol. The van der Waals surface area contributed by atoms with Crippen LogP contribution in [0.1, 0.15) is 59.1 Å². The standard InChI is InChI=1S/C27H26N2O3/c1-27(2,31)17-24-23-10-5-4-8-21(23)18-29(24)26(30)20-12-14-25(32-3)19(16-20)11-13-22-9-6-7-15-28-22/h4-10,12,14-16,24,31H,17-18H2,1-3H3. The molecule has 0 saturated heterocycles. The van der Waals surface area contributed by atoms with Crippen LogP contribution in [-0.4, -0.2) is 33.6 Å². The van der Waals surface area contributed by atoms with Crippen LogP contribution in [0.5, 0.6) is 5.75 Å². The number of aromatic nitrogens is 1. The maximum absolute atomic E-state index is 13.6. The molecule has 162 valence electrons. The Hall–Kier alpha value is -3.62. The average Bonchev–Trinajstić information content (AvgIpc) is 3.14. The van der Waals surface area contributed by atoms with Gasteiger partial charge in [-0.15, -0.1) is 0 Å². The Labute approximate surface area is 188 Å². The van der Waals surface area contributed by atoms with Crippen LogP contribution in [0, 0.1) is 11.8 Å². The lowest BCUT2D eigenvalue weighted by Gasteiger charge is -2.30. The SMILES string of the molecule is COc1ccc(C(=O)N2Cc3ccccc3C2CC(C)(C)O)cc1C#Cc1ccccn1. The van der Waals surface area contributed by atoms with Gasteiger partial charge in [0.05, 0.1) is 24.3 Å². The molecule has 1 N–H and O–H groups in total. The van der Waals surface area contributed by atoms with Crippen molar-refractivity contribution < 1.29 is 14.6 Å². The highest BCUT2D eigenvalue weighted by atomic mass is 16.5. The lowest BCUT2D eigenvalue weighted by atomic mass is 9.93. The first-order chi connectivity index (χ1) is 15.4. The lowest BCUT2D eigenvalue weighted by molar-refractivity contribution is 0.0324. The fourth-order valence-corrected chi connectivity index (χ4v) is 4.04. The molecule has 1 amide bonds. The number of amides is 1. The van der Waals surface area contributed by atoms with Crippen molar-refractivity contribution in [3.8, 4) is 17.6 Å². The van der Waals surface area contributed by atoms with E-state index in [1.54, 1.807) is 45.4 Å². The van der Waals surface area contributed by atoms with E-state index >= 15 is 0 Å². The Morgan fingerprint density at radius 1 is 1.16 bits per heavy atom. The van der Waals surface area contributed by atoms with Crippen LogP contribution < -0.4 is 4.74 Å². The van der Waals surface area contributed by atoms with Gasteiger partial charge in [-0.3, -0.25) is 4.79 Å². The largest absolute Gasteiger partial charge is 0.495 e. The van der Waals surface area contributed by atoms with Gasteiger partial charge >= 0.3 is 0 Å². The van der Waals surface area contributed by atoms with E-state index in [-0.39, 0.29) is 11.9 Å². The van der Waals surface area contributed by atoms with E-state index in [1.807, 2.05) is 47.4 Å². The van der Waals surface area contributed by atoms with Gasteiger partial charge in [-0.25, -0.2) is 4.98 Å². The number of benzene rings is 2. The highest BCUT2D eigenvalue weighted by Gasteiger charge is 2.36. The van der Waals surface area contributed by atoms with E-state index < -0.39 is 5.60 Å². The monoisotopic (exact) mass is 426 g/mol. The molecule has 3 aromatic rings. The number of nitrogens with zero attached hydrogens (tertiary/aromatic N) is 2. The number of rotatable bonds is 4. The molecule has 1 aromatic heterocycles. The zero-order chi connectivity index (χ0) is 22.7. The normalized spacial score (nSPS) is 15.0. The third-order valence-electron chi connectivity index (χ3n) is 5.52. The molecule has 1 atom stereocenters. The lowest BCUT2D eigenvalue weighted by Crippen LogP contribution is -2.34. The molecule has 0 saturated carbocycles. The third kappa shape index (κ3) is 4.66. The zero-order valence-corrected chi connectivity index (χ0v) is 18.5. The van der Waals surface area contributed by atoms with E-state index in [0.29, 0.717) is 35.5 Å². The first-order valence-electron chi connectivity index (χ1n) is 10.6. The highest BCUT2D eigenvalue weighted by Crippen LogP contribution is 2.39. The minimum Gasteiger partial charge on any atom is -0.495 e. The minimum absolute atomic E-state index is 0.0982. The van der Waals surface area contributed by atoms with Gasteiger partial charge in [0, 0.05) is 24.7 Å². The fourth-order valence-electron chi connectivity index (χ4n) is 4.04. The summed E-state index contributed by atoms with van der Waals surface area (Å²) >= 11 is 0. The Morgan fingerprint density at radius 3 is 2.66 bits per heavy atom. The van der Waals surface area contributed by atoms with Gasteiger partial charge in [-0.1, -0.05) is 36.3 Å². The Bertz CT molecular complexity index is 1190. The molecule has 1 aliphatic rings. The zero-order valence-electron chi connectivity index (χ0n) is 18.5. The summed E-state index contributed by atoms with van der Waals surface area (Å²) in [6, 6.07) is 18.7. The highest BCUT2D eigenvalue weighted by molar-refractivity contribution is 5.95. The van der Waals surface area contributed by atoms with Gasteiger partial charge in [0.15, 0.2) is 0 Å².